The minimum absolute atomic E-state index is 0.0708. The van der Waals surface area contributed by atoms with Crippen molar-refractivity contribution in [3.05, 3.63) is 51.8 Å². The summed E-state index contributed by atoms with van der Waals surface area (Å²) in [7, 11) is 0. The van der Waals surface area contributed by atoms with Crippen molar-refractivity contribution in [2.24, 2.45) is 0 Å². The number of aromatic nitrogens is 2. The zero-order valence-corrected chi connectivity index (χ0v) is 16.6. The number of benzene rings is 1. The van der Waals surface area contributed by atoms with E-state index in [0.29, 0.717) is 37.3 Å². The van der Waals surface area contributed by atoms with Crippen molar-refractivity contribution in [1.82, 2.24) is 14.9 Å². The van der Waals surface area contributed by atoms with Gasteiger partial charge in [0.05, 0.1) is 29.9 Å². The van der Waals surface area contributed by atoms with Crippen LogP contribution in [0, 0.1) is 0 Å². The zero-order valence-electron chi connectivity index (χ0n) is 15.8. The molecule has 1 amide bonds. The fraction of sp³-hybridized carbons (Fsp3) is 0.450. The Morgan fingerprint density at radius 1 is 1.23 bits per heavy atom. The fourth-order valence-electron chi connectivity index (χ4n) is 4.40. The van der Waals surface area contributed by atoms with Crippen molar-refractivity contribution in [1.29, 1.82) is 0 Å². The molecule has 0 radical (unpaired) electrons. The minimum Gasteiger partial charge on any atom is -0.376 e. The summed E-state index contributed by atoms with van der Waals surface area (Å²) in [6, 6.07) is 2.26. The van der Waals surface area contributed by atoms with Crippen LogP contribution in [0.25, 0.3) is 0 Å². The molecular formula is C20H18ClF3N4O2. The first-order chi connectivity index (χ1) is 14.2. The van der Waals surface area contributed by atoms with Crippen LogP contribution in [0.15, 0.2) is 24.5 Å². The highest BCUT2D eigenvalue weighted by molar-refractivity contribution is 6.30. The number of ether oxygens (including phenoxy) is 1. The van der Waals surface area contributed by atoms with Crippen LogP contribution in [0.3, 0.4) is 0 Å². The summed E-state index contributed by atoms with van der Waals surface area (Å²) in [5.74, 6) is 0.142. The maximum Gasteiger partial charge on any atom is 0.416 e. The van der Waals surface area contributed by atoms with E-state index in [2.05, 4.69) is 15.3 Å². The maximum absolute atomic E-state index is 13.3. The Bertz CT molecular complexity index is 1000. The summed E-state index contributed by atoms with van der Waals surface area (Å²) < 4.78 is 45.2. The molecule has 6 nitrogen and oxygen atoms in total. The number of alkyl halides is 3. The lowest BCUT2D eigenvalue weighted by atomic mass is 9.82. The second kappa shape index (κ2) is 6.81. The van der Waals surface area contributed by atoms with Crippen LogP contribution < -0.4 is 5.32 Å². The van der Waals surface area contributed by atoms with Gasteiger partial charge in [-0.15, -0.1) is 0 Å². The lowest BCUT2D eigenvalue weighted by Crippen LogP contribution is -2.72. The van der Waals surface area contributed by atoms with Gasteiger partial charge in [-0.1, -0.05) is 11.6 Å². The van der Waals surface area contributed by atoms with E-state index in [4.69, 9.17) is 16.3 Å². The second-order valence-electron chi connectivity index (χ2n) is 8.06. The molecule has 2 saturated heterocycles. The van der Waals surface area contributed by atoms with Crippen LogP contribution in [0.2, 0.25) is 5.02 Å². The number of anilines is 1. The van der Waals surface area contributed by atoms with E-state index in [9.17, 15) is 18.0 Å². The Hall–Kier alpha value is -2.39. The van der Waals surface area contributed by atoms with Gasteiger partial charge in [0.2, 0.25) is 5.95 Å². The van der Waals surface area contributed by atoms with Gasteiger partial charge in [-0.05, 0) is 42.5 Å². The van der Waals surface area contributed by atoms with Gasteiger partial charge in [-0.3, -0.25) is 4.79 Å². The molecule has 1 atom stereocenters. The summed E-state index contributed by atoms with van der Waals surface area (Å²) in [6.45, 7) is 1.81. The highest BCUT2D eigenvalue weighted by Gasteiger charge is 2.53. The third-order valence-electron chi connectivity index (χ3n) is 6.12. The first-order valence-corrected chi connectivity index (χ1v) is 10.00. The summed E-state index contributed by atoms with van der Waals surface area (Å²) in [5, 5.41) is 3.14. The number of carbonyl (C=O) groups excluding carboxylic acids is 1. The van der Waals surface area contributed by atoms with Gasteiger partial charge in [0.15, 0.2) is 0 Å². The smallest absolute Gasteiger partial charge is 0.376 e. The highest BCUT2D eigenvalue weighted by Crippen LogP contribution is 2.40. The highest BCUT2D eigenvalue weighted by atomic mass is 35.5. The monoisotopic (exact) mass is 438 g/mol. The molecular weight excluding hydrogens is 421 g/mol. The van der Waals surface area contributed by atoms with Gasteiger partial charge in [0, 0.05) is 30.0 Å². The lowest BCUT2D eigenvalue weighted by Gasteiger charge is -2.57. The molecule has 0 bridgehead atoms. The first kappa shape index (κ1) is 19.6. The van der Waals surface area contributed by atoms with E-state index in [1.165, 1.54) is 12.4 Å². The molecule has 3 heterocycles. The number of carbonyl (C=O) groups is 1. The molecule has 2 aromatic rings. The topological polar surface area (TPSA) is 67.4 Å². The number of nitrogens with zero attached hydrogens (tertiary/aromatic N) is 3. The number of amides is 1. The number of likely N-dealkylation sites (tertiary alicyclic amines) is 1. The molecule has 3 aliphatic rings. The number of nitrogens with one attached hydrogen (secondary N) is 1. The van der Waals surface area contributed by atoms with Crippen LogP contribution in [0.1, 0.15) is 33.5 Å². The summed E-state index contributed by atoms with van der Waals surface area (Å²) in [5.41, 5.74) is 0.347. The molecule has 1 N–H and O–H groups in total. The predicted molar refractivity (Wildman–Crippen MR) is 103 cm³/mol. The molecule has 5 rings (SSSR count). The van der Waals surface area contributed by atoms with Crippen molar-refractivity contribution >= 4 is 23.5 Å². The Morgan fingerprint density at radius 2 is 1.97 bits per heavy atom. The van der Waals surface area contributed by atoms with E-state index >= 15 is 0 Å². The number of rotatable bonds is 3. The number of fused-ring (bicyclic) bond motifs is 1. The van der Waals surface area contributed by atoms with Gasteiger partial charge in [-0.2, -0.15) is 13.2 Å². The quantitative estimate of drug-likeness (QED) is 0.796. The van der Waals surface area contributed by atoms with Crippen LogP contribution in [-0.2, 0) is 23.8 Å². The summed E-state index contributed by atoms with van der Waals surface area (Å²) in [6.07, 6.45) is -0.0406. The van der Waals surface area contributed by atoms with Gasteiger partial charge >= 0.3 is 6.18 Å². The molecule has 1 aliphatic carbocycles. The zero-order chi connectivity index (χ0) is 21.1. The van der Waals surface area contributed by atoms with E-state index in [1.807, 2.05) is 0 Å². The van der Waals surface area contributed by atoms with Crippen molar-refractivity contribution < 1.29 is 22.7 Å². The van der Waals surface area contributed by atoms with Crippen LogP contribution in [0.5, 0.6) is 0 Å². The lowest BCUT2D eigenvalue weighted by molar-refractivity contribution is -0.172. The molecule has 10 heteroatoms. The third kappa shape index (κ3) is 3.20. The largest absolute Gasteiger partial charge is 0.416 e. The van der Waals surface area contributed by atoms with Gasteiger partial charge in [-0.25, -0.2) is 9.97 Å². The first-order valence-electron chi connectivity index (χ1n) is 9.62. The van der Waals surface area contributed by atoms with Crippen molar-refractivity contribution in [3.8, 4) is 0 Å². The van der Waals surface area contributed by atoms with Crippen LogP contribution in [-0.4, -0.2) is 52.1 Å². The molecule has 2 fully saturated rings. The van der Waals surface area contributed by atoms with E-state index in [0.717, 1.165) is 12.5 Å². The standard InChI is InChI=1S/C20H18ClF3N4O2/c21-13-3-11-4-14(6-15(11)16(5-13)20(22,23)24)27-18-25-7-12(8-26-18)17(29)28-2-1-19(28)9-30-10-19/h3,5,7-8,14H,1-2,4,6,9-10H2,(H,25,26,27). The third-order valence-corrected chi connectivity index (χ3v) is 6.34. The minimum atomic E-state index is -4.46. The average molecular weight is 439 g/mol. The molecule has 1 unspecified atom stereocenters. The second-order valence-corrected chi connectivity index (χ2v) is 8.49. The Morgan fingerprint density at radius 3 is 2.53 bits per heavy atom. The summed E-state index contributed by atoms with van der Waals surface area (Å²) >= 11 is 5.88. The molecule has 1 aromatic carbocycles. The van der Waals surface area contributed by atoms with Crippen molar-refractivity contribution in [3.63, 3.8) is 0 Å². The molecule has 2 aliphatic heterocycles. The molecule has 1 spiro atoms. The summed E-state index contributed by atoms with van der Waals surface area (Å²) in [4.78, 5) is 22.8. The molecule has 158 valence electrons. The number of halogens is 4. The normalized spacial score (nSPS) is 21.7. The molecule has 1 aromatic heterocycles. The Kier molecular flexibility index (Phi) is 4.44. The maximum atomic E-state index is 13.3. The van der Waals surface area contributed by atoms with E-state index in [1.54, 1.807) is 11.0 Å². The van der Waals surface area contributed by atoms with E-state index < -0.39 is 11.7 Å². The van der Waals surface area contributed by atoms with E-state index in [-0.39, 0.29) is 40.4 Å². The number of hydrogen-bond acceptors (Lipinski definition) is 5. The van der Waals surface area contributed by atoms with Crippen LogP contribution in [0.4, 0.5) is 19.1 Å². The van der Waals surface area contributed by atoms with Crippen LogP contribution >= 0.6 is 11.6 Å². The van der Waals surface area contributed by atoms with Gasteiger partial charge in [0.25, 0.3) is 5.91 Å². The molecule has 0 saturated carbocycles. The van der Waals surface area contributed by atoms with Crippen molar-refractivity contribution in [2.75, 3.05) is 25.1 Å². The van der Waals surface area contributed by atoms with Gasteiger partial charge < -0.3 is 15.0 Å². The number of hydrogen-bond donors (Lipinski definition) is 1. The van der Waals surface area contributed by atoms with Crippen molar-refractivity contribution in [2.45, 2.75) is 37.0 Å². The Balaban J connectivity index is 1.27. The van der Waals surface area contributed by atoms with Gasteiger partial charge in [0.1, 0.15) is 0 Å². The fourth-order valence-corrected chi connectivity index (χ4v) is 4.64. The average Bonchev–Trinajstić information content (AvgIpc) is 3.00. The SMILES string of the molecule is O=C(c1cnc(NC2Cc3cc(Cl)cc(C(F)(F)F)c3C2)nc1)N1CCC12COC2. The predicted octanol–water partition coefficient (Wildman–Crippen LogP) is 3.34. The molecule has 30 heavy (non-hydrogen) atoms. The Labute approximate surface area is 175 Å².